The van der Waals surface area contributed by atoms with Crippen LogP contribution in [0.3, 0.4) is 0 Å². The van der Waals surface area contributed by atoms with Crippen molar-refractivity contribution in [3.8, 4) is 0 Å². The minimum atomic E-state index is -0.751. The number of carbonyl (C=O) groups is 4. The first-order valence-corrected chi connectivity index (χ1v) is 11.8. The van der Waals surface area contributed by atoms with Crippen molar-refractivity contribution in [1.29, 1.82) is 0 Å². The summed E-state index contributed by atoms with van der Waals surface area (Å²) >= 11 is 0. The predicted octanol–water partition coefficient (Wildman–Crippen LogP) is 2.36. The van der Waals surface area contributed by atoms with E-state index < -0.39 is 22.2 Å². The third-order valence-corrected chi connectivity index (χ3v) is 6.38. The monoisotopic (exact) mass is 450 g/mol. The molecule has 0 aromatic rings. The first kappa shape index (κ1) is 26.5. The van der Waals surface area contributed by atoms with Crippen molar-refractivity contribution >= 4 is 23.6 Å². The number of rotatable bonds is 9. The van der Waals surface area contributed by atoms with E-state index in [2.05, 4.69) is 10.6 Å². The molecule has 0 aromatic carbocycles. The van der Waals surface area contributed by atoms with E-state index in [1.165, 1.54) is 9.80 Å². The number of imide groups is 2. The summed E-state index contributed by atoms with van der Waals surface area (Å²) in [6, 6.07) is 0. The van der Waals surface area contributed by atoms with E-state index in [0.29, 0.717) is 13.1 Å². The van der Waals surface area contributed by atoms with Crippen molar-refractivity contribution in [1.82, 2.24) is 20.4 Å². The van der Waals surface area contributed by atoms with Gasteiger partial charge in [0.05, 0.1) is 22.2 Å². The van der Waals surface area contributed by atoms with Gasteiger partial charge in [0.25, 0.3) is 0 Å². The molecule has 8 nitrogen and oxygen atoms in total. The topological polar surface area (TPSA) is 98.8 Å². The molecule has 0 spiro atoms. The lowest BCUT2D eigenvalue weighted by atomic mass is 9.89. The van der Waals surface area contributed by atoms with Crippen LogP contribution in [0.2, 0.25) is 0 Å². The second kappa shape index (κ2) is 9.21. The predicted molar refractivity (Wildman–Crippen MR) is 124 cm³/mol. The van der Waals surface area contributed by atoms with Crippen LogP contribution in [0.25, 0.3) is 0 Å². The SMILES string of the molecule is CC1(C)NC(C)(C)C(=O)N(CCCCCCCCN2C(=O)C(C)(C)NC(C)(C)C2=O)C1=O. The number of nitrogens with zero attached hydrogens (tertiary/aromatic N) is 2. The van der Waals surface area contributed by atoms with Crippen LogP contribution in [0.1, 0.15) is 93.9 Å². The van der Waals surface area contributed by atoms with Crippen LogP contribution in [0.4, 0.5) is 0 Å². The minimum absolute atomic E-state index is 0.168. The van der Waals surface area contributed by atoms with Gasteiger partial charge in [-0.25, -0.2) is 0 Å². The van der Waals surface area contributed by atoms with E-state index in [1.54, 1.807) is 0 Å². The van der Waals surface area contributed by atoms with Gasteiger partial charge in [0.15, 0.2) is 0 Å². The average Bonchev–Trinajstić information content (AvgIpc) is 2.64. The summed E-state index contributed by atoms with van der Waals surface area (Å²) < 4.78 is 0. The van der Waals surface area contributed by atoms with Gasteiger partial charge in [-0.05, 0) is 68.2 Å². The quantitative estimate of drug-likeness (QED) is 0.413. The largest absolute Gasteiger partial charge is 0.290 e. The van der Waals surface area contributed by atoms with Gasteiger partial charge >= 0.3 is 0 Å². The number of piperazine rings is 2. The lowest BCUT2D eigenvalue weighted by Gasteiger charge is -2.45. The molecule has 0 radical (unpaired) electrons. The molecule has 182 valence electrons. The van der Waals surface area contributed by atoms with Crippen LogP contribution in [0.15, 0.2) is 0 Å². The first-order chi connectivity index (χ1) is 14.5. The lowest BCUT2D eigenvalue weighted by molar-refractivity contribution is -0.160. The molecule has 0 saturated carbocycles. The highest BCUT2D eigenvalue weighted by Crippen LogP contribution is 2.25. The average molecular weight is 451 g/mol. The Morgan fingerprint density at radius 1 is 0.469 bits per heavy atom. The smallest absolute Gasteiger partial charge is 0.248 e. The van der Waals surface area contributed by atoms with Gasteiger partial charge < -0.3 is 0 Å². The van der Waals surface area contributed by atoms with Crippen LogP contribution in [-0.4, -0.2) is 68.7 Å². The summed E-state index contributed by atoms with van der Waals surface area (Å²) in [4.78, 5) is 53.3. The normalized spacial score (nSPS) is 24.2. The summed E-state index contributed by atoms with van der Waals surface area (Å²) in [5.41, 5.74) is -3.00. The Morgan fingerprint density at radius 3 is 0.938 bits per heavy atom. The highest BCUT2D eigenvalue weighted by Gasteiger charge is 2.50. The molecule has 8 heteroatoms. The Labute approximate surface area is 192 Å². The zero-order chi connectivity index (χ0) is 24.5. The van der Waals surface area contributed by atoms with Crippen molar-refractivity contribution in [3.05, 3.63) is 0 Å². The Hall–Kier alpha value is -1.80. The van der Waals surface area contributed by atoms with Gasteiger partial charge in [0.2, 0.25) is 23.6 Å². The van der Waals surface area contributed by atoms with E-state index in [4.69, 9.17) is 0 Å². The maximum atomic E-state index is 12.6. The van der Waals surface area contributed by atoms with Crippen molar-refractivity contribution in [2.45, 2.75) is 116 Å². The Bertz CT molecular complexity index is 654. The zero-order valence-corrected chi connectivity index (χ0v) is 21.2. The van der Waals surface area contributed by atoms with Gasteiger partial charge in [0, 0.05) is 13.1 Å². The Balaban J connectivity index is 1.72. The molecule has 2 saturated heterocycles. The molecule has 2 heterocycles. The molecule has 0 bridgehead atoms. The lowest BCUT2D eigenvalue weighted by Crippen LogP contribution is -2.72. The fourth-order valence-electron chi connectivity index (χ4n) is 4.96. The minimum Gasteiger partial charge on any atom is -0.290 e. The third-order valence-electron chi connectivity index (χ3n) is 6.38. The second-order valence-corrected chi connectivity index (χ2v) is 11.4. The number of carbonyl (C=O) groups excluding carboxylic acids is 4. The van der Waals surface area contributed by atoms with E-state index in [9.17, 15) is 19.2 Å². The highest BCUT2D eigenvalue weighted by molar-refractivity contribution is 6.06. The van der Waals surface area contributed by atoms with Gasteiger partial charge in [-0.3, -0.25) is 39.6 Å². The third kappa shape index (κ3) is 5.57. The van der Waals surface area contributed by atoms with Crippen molar-refractivity contribution in [2.75, 3.05) is 13.1 Å². The molecule has 0 aromatic heterocycles. The number of nitrogens with one attached hydrogen (secondary N) is 2. The summed E-state index contributed by atoms with van der Waals surface area (Å²) in [5.74, 6) is -0.674. The maximum Gasteiger partial charge on any atom is 0.248 e. The molecule has 2 N–H and O–H groups in total. The van der Waals surface area contributed by atoms with Crippen LogP contribution < -0.4 is 10.6 Å². The number of amides is 4. The summed E-state index contributed by atoms with van der Waals surface area (Å²) in [7, 11) is 0. The van der Waals surface area contributed by atoms with E-state index in [1.807, 2.05) is 55.4 Å². The molecule has 0 aliphatic carbocycles. The van der Waals surface area contributed by atoms with E-state index in [0.717, 1.165) is 38.5 Å². The van der Waals surface area contributed by atoms with Crippen LogP contribution in [0, 0.1) is 0 Å². The number of unbranched alkanes of at least 4 members (excludes halogenated alkanes) is 5. The molecule has 0 atom stereocenters. The molecule has 0 unspecified atom stereocenters. The van der Waals surface area contributed by atoms with Gasteiger partial charge in [-0.2, -0.15) is 0 Å². The van der Waals surface area contributed by atoms with Crippen molar-refractivity contribution in [3.63, 3.8) is 0 Å². The maximum absolute atomic E-state index is 12.6. The molecule has 4 amide bonds. The van der Waals surface area contributed by atoms with E-state index >= 15 is 0 Å². The van der Waals surface area contributed by atoms with Crippen LogP contribution >= 0.6 is 0 Å². The summed E-state index contributed by atoms with van der Waals surface area (Å²) in [5, 5.41) is 6.27. The first-order valence-electron chi connectivity index (χ1n) is 11.8. The molecule has 2 aliphatic rings. The zero-order valence-electron chi connectivity index (χ0n) is 21.2. The molecule has 32 heavy (non-hydrogen) atoms. The van der Waals surface area contributed by atoms with Gasteiger partial charge in [0.1, 0.15) is 0 Å². The van der Waals surface area contributed by atoms with Crippen LogP contribution in [-0.2, 0) is 19.2 Å². The van der Waals surface area contributed by atoms with Gasteiger partial charge in [-0.15, -0.1) is 0 Å². The van der Waals surface area contributed by atoms with Crippen molar-refractivity contribution < 1.29 is 19.2 Å². The standard InChI is InChI=1S/C24H42N4O4/c1-21(2)17(29)27(18(30)22(3,4)25-21)15-13-11-9-10-12-14-16-28-19(31)23(5,6)26-24(7,8)20(28)32/h25-26H,9-16H2,1-8H3. The Morgan fingerprint density at radius 2 is 0.688 bits per heavy atom. The van der Waals surface area contributed by atoms with Crippen LogP contribution in [0.5, 0.6) is 0 Å². The van der Waals surface area contributed by atoms with Crippen molar-refractivity contribution in [2.24, 2.45) is 0 Å². The molecular weight excluding hydrogens is 408 g/mol. The highest BCUT2D eigenvalue weighted by atomic mass is 16.2. The molecule has 2 rings (SSSR count). The Kier molecular flexibility index (Phi) is 7.62. The number of hydrogen-bond donors (Lipinski definition) is 2. The van der Waals surface area contributed by atoms with E-state index in [-0.39, 0.29) is 23.6 Å². The summed E-state index contributed by atoms with van der Waals surface area (Å²) in [6.07, 6.45) is 5.39. The summed E-state index contributed by atoms with van der Waals surface area (Å²) in [6.45, 7) is 15.4. The second-order valence-electron chi connectivity index (χ2n) is 11.4. The fourth-order valence-corrected chi connectivity index (χ4v) is 4.96. The fraction of sp³-hybridized carbons (Fsp3) is 0.833. The molecular formula is C24H42N4O4. The van der Waals surface area contributed by atoms with Gasteiger partial charge in [-0.1, -0.05) is 25.7 Å². The molecule has 2 fully saturated rings. The number of hydrogen-bond acceptors (Lipinski definition) is 6. The molecule has 2 aliphatic heterocycles.